The second-order valence-electron chi connectivity index (χ2n) is 6.15. The molecule has 1 aliphatic heterocycles. The standard InChI is InChI=1S/C14H21F3N4/c1-4-18-10-8-11(20-12(19-10)14(15,16)17)21-7-5-6-13(2,3)9-21/h8H,4-7,9H2,1-3H3,(H,18,19,20). The molecule has 1 N–H and O–H groups in total. The Morgan fingerprint density at radius 1 is 1.33 bits per heavy atom. The lowest BCUT2D eigenvalue weighted by molar-refractivity contribution is -0.144. The van der Waals surface area contributed by atoms with Crippen LogP contribution in [0.3, 0.4) is 0 Å². The summed E-state index contributed by atoms with van der Waals surface area (Å²) in [7, 11) is 0. The number of anilines is 2. The SMILES string of the molecule is CCNc1cc(N2CCCC(C)(C)C2)nc(C(F)(F)F)n1. The molecule has 0 spiro atoms. The molecule has 0 amide bonds. The Morgan fingerprint density at radius 3 is 2.62 bits per heavy atom. The Bertz CT molecular complexity index is 499. The van der Waals surface area contributed by atoms with Crippen LogP contribution in [-0.2, 0) is 6.18 Å². The molecule has 0 radical (unpaired) electrons. The number of aromatic nitrogens is 2. The van der Waals surface area contributed by atoms with Crippen LogP contribution >= 0.6 is 0 Å². The minimum Gasteiger partial charge on any atom is -0.370 e. The number of alkyl halides is 3. The van der Waals surface area contributed by atoms with E-state index in [4.69, 9.17) is 0 Å². The molecule has 0 unspecified atom stereocenters. The molecule has 1 aliphatic rings. The van der Waals surface area contributed by atoms with Crippen molar-refractivity contribution in [1.82, 2.24) is 9.97 Å². The lowest BCUT2D eigenvalue weighted by atomic mass is 9.84. The van der Waals surface area contributed by atoms with E-state index in [9.17, 15) is 13.2 Å². The van der Waals surface area contributed by atoms with Crippen molar-refractivity contribution in [2.75, 3.05) is 29.9 Å². The van der Waals surface area contributed by atoms with Crippen LogP contribution in [0, 0.1) is 5.41 Å². The molecule has 1 aromatic heterocycles. The Balaban J connectivity index is 2.35. The minimum atomic E-state index is -4.54. The maximum Gasteiger partial charge on any atom is 0.451 e. The highest BCUT2D eigenvalue weighted by Crippen LogP contribution is 2.33. The average Bonchev–Trinajstić information content (AvgIpc) is 2.36. The van der Waals surface area contributed by atoms with Crippen LogP contribution in [0.5, 0.6) is 0 Å². The second-order valence-corrected chi connectivity index (χ2v) is 6.15. The van der Waals surface area contributed by atoms with Gasteiger partial charge in [0.1, 0.15) is 11.6 Å². The average molecular weight is 302 g/mol. The van der Waals surface area contributed by atoms with Gasteiger partial charge in [0.25, 0.3) is 0 Å². The van der Waals surface area contributed by atoms with Crippen molar-refractivity contribution >= 4 is 11.6 Å². The molecule has 4 nitrogen and oxygen atoms in total. The van der Waals surface area contributed by atoms with Gasteiger partial charge in [-0.1, -0.05) is 13.8 Å². The molecule has 0 aliphatic carbocycles. The van der Waals surface area contributed by atoms with E-state index in [2.05, 4.69) is 29.1 Å². The van der Waals surface area contributed by atoms with Crippen molar-refractivity contribution in [3.63, 3.8) is 0 Å². The summed E-state index contributed by atoms with van der Waals surface area (Å²) < 4.78 is 38.8. The monoisotopic (exact) mass is 302 g/mol. The van der Waals surface area contributed by atoms with E-state index in [1.54, 1.807) is 6.07 Å². The first-order chi connectivity index (χ1) is 9.71. The Labute approximate surface area is 122 Å². The van der Waals surface area contributed by atoms with Gasteiger partial charge in [-0.2, -0.15) is 13.2 Å². The normalized spacial score (nSPS) is 18.7. The third kappa shape index (κ3) is 3.98. The molecule has 2 heterocycles. The summed E-state index contributed by atoms with van der Waals surface area (Å²) in [4.78, 5) is 9.20. The number of nitrogens with one attached hydrogen (secondary N) is 1. The van der Waals surface area contributed by atoms with Crippen LogP contribution in [0.15, 0.2) is 6.07 Å². The summed E-state index contributed by atoms with van der Waals surface area (Å²) in [5, 5.41) is 2.84. The van der Waals surface area contributed by atoms with E-state index in [0.29, 0.717) is 18.9 Å². The number of halogens is 3. The van der Waals surface area contributed by atoms with Gasteiger partial charge in [-0.15, -0.1) is 0 Å². The molecule has 1 fully saturated rings. The molecular formula is C14H21F3N4. The lowest BCUT2D eigenvalue weighted by Crippen LogP contribution is -2.40. The molecule has 7 heteroatoms. The van der Waals surface area contributed by atoms with Gasteiger partial charge in [-0.25, -0.2) is 9.97 Å². The Morgan fingerprint density at radius 2 is 2.05 bits per heavy atom. The van der Waals surface area contributed by atoms with Gasteiger partial charge in [0.05, 0.1) is 0 Å². The maximum absolute atomic E-state index is 12.9. The third-order valence-electron chi connectivity index (χ3n) is 3.55. The van der Waals surface area contributed by atoms with Crippen molar-refractivity contribution in [2.24, 2.45) is 5.41 Å². The van der Waals surface area contributed by atoms with Gasteiger partial charge >= 0.3 is 6.18 Å². The predicted octanol–water partition coefficient (Wildman–Crippen LogP) is 3.55. The fourth-order valence-electron chi connectivity index (χ4n) is 2.61. The van der Waals surface area contributed by atoms with Crippen LogP contribution in [0.25, 0.3) is 0 Å². The lowest BCUT2D eigenvalue weighted by Gasteiger charge is -2.38. The van der Waals surface area contributed by atoms with E-state index in [-0.39, 0.29) is 11.2 Å². The van der Waals surface area contributed by atoms with E-state index < -0.39 is 12.0 Å². The number of nitrogens with zero attached hydrogens (tertiary/aromatic N) is 3. The zero-order valence-corrected chi connectivity index (χ0v) is 12.6. The zero-order valence-electron chi connectivity index (χ0n) is 12.6. The fourth-order valence-corrected chi connectivity index (χ4v) is 2.61. The number of piperidine rings is 1. The van der Waals surface area contributed by atoms with Gasteiger partial charge < -0.3 is 10.2 Å². The van der Waals surface area contributed by atoms with Gasteiger partial charge in [-0.3, -0.25) is 0 Å². The second kappa shape index (κ2) is 5.69. The van der Waals surface area contributed by atoms with Crippen LogP contribution in [0.1, 0.15) is 39.4 Å². The first-order valence-electron chi connectivity index (χ1n) is 7.16. The van der Waals surface area contributed by atoms with E-state index in [1.165, 1.54) is 0 Å². The van der Waals surface area contributed by atoms with Crippen molar-refractivity contribution in [2.45, 2.75) is 39.8 Å². The molecule has 118 valence electrons. The summed E-state index contributed by atoms with van der Waals surface area (Å²) in [5.41, 5.74) is 0.0833. The summed E-state index contributed by atoms with van der Waals surface area (Å²) in [6, 6.07) is 1.60. The van der Waals surface area contributed by atoms with Gasteiger partial charge in [-0.05, 0) is 25.2 Å². The van der Waals surface area contributed by atoms with Crippen molar-refractivity contribution in [1.29, 1.82) is 0 Å². The van der Waals surface area contributed by atoms with E-state index >= 15 is 0 Å². The quantitative estimate of drug-likeness (QED) is 0.927. The molecular weight excluding hydrogens is 281 g/mol. The molecule has 0 atom stereocenters. The van der Waals surface area contributed by atoms with Crippen LogP contribution in [0.4, 0.5) is 24.8 Å². The first-order valence-corrected chi connectivity index (χ1v) is 7.16. The molecule has 1 saturated heterocycles. The van der Waals surface area contributed by atoms with Crippen LogP contribution in [-0.4, -0.2) is 29.6 Å². The minimum absolute atomic E-state index is 0.0833. The highest BCUT2D eigenvalue weighted by molar-refractivity contribution is 5.50. The van der Waals surface area contributed by atoms with Gasteiger partial charge in [0.2, 0.25) is 5.82 Å². The number of hydrogen-bond acceptors (Lipinski definition) is 4. The maximum atomic E-state index is 12.9. The van der Waals surface area contributed by atoms with Crippen LogP contribution in [0.2, 0.25) is 0 Å². The highest BCUT2D eigenvalue weighted by atomic mass is 19.4. The summed E-state index contributed by atoms with van der Waals surface area (Å²) in [5.74, 6) is -0.515. The summed E-state index contributed by atoms with van der Waals surface area (Å²) >= 11 is 0. The topological polar surface area (TPSA) is 41.0 Å². The van der Waals surface area contributed by atoms with Crippen molar-refractivity contribution in [3.05, 3.63) is 11.9 Å². The first kappa shape index (κ1) is 15.9. The molecule has 1 aromatic rings. The Kier molecular flexibility index (Phi) is 4.30. The zero-order chi connectivity index (χ0) is 15.7. The number of hydrogen-bond donors (Lipinski definition) is 1. The summed E-state index contributed by atoms with van der Waals surface area (Å²) in [6.07, 6.45) is -2.51. The fraction of sp³-hybridized carbons (Fsp3) is 0.714. The molecule has 2 rings (SSSR count). The van der Waals surface area contributed by atoms with E-state index in [1.807, 2.05) is 11.8 Å². The summed E-state index contributed by atoms with van der Waals surface area (Å²) in [6.45, 7) is 8.00. The van der Waals surface area contributed by atoms with Crippen molar-refractivity contribution < 1.29 is 13.2 Å². The smallest absolute Gasteiger partial charge is 0.370 e. The number of rotatable bonds is 3. The molecule has 0 bridgehead atoms. The van der Waals surface area contributed by atoms with Crippen molar-refractivity contribution in [3.8, 4) is 0 Å². The van der Waals surface area contributed by atoms with Crippen LogP contribution < -0.4 is 10.2 Å². The van der Waals surface area contributed by atoms with Gasteiger partial charge in [0, 0.05) is 25.7 Å². The largest absolute Gasteiger partial charge is 0.451 e. The van der Waals surface area contributed by atoms with Gasteiger partial charge in [0.15, 0.2) is 0 Å². The third-order valence-corrected chi connectivity index (χ3v) is 3.55. The van der Waals surface area contributed by atoms with E-state index in [0.717, 1.165) is 19.4 Å². The molecule has 0 aromatic carbocycles. The predicted molar refractivity (Wildman–Crippen MR) is 76.4 cm³/mol. The Hall–Kier alpha value is -1.53. The highest BCUT2D eigenvalue weighted by Gasteiger charge is 2.36. The molecule has 0 saturated carbocycles. The molecule has 21 heavy (non-hydrogen) atoms.